The quantitative estimate of drug-likeness (QED) is 0.844. The lowest BCUT2D eigenvalue weighted by Crippen LogP contribution is -1.97. The second-order valence-corrected chi connectivity index (χ2v) is 4.32. The number of carbonyl (C=O) groups excluding carboxylic acids is 1. The zero-order valence-corrected chi connectivity index (χ0v) is 9.84. The van der Waals surface area contributed by atoms with Crippen molar-refractivity contribution in [2.24, 2.45) is 0 Å². The van der Waals surface area contributed by atoms with Crippen molar-refractivity contribution in [2.75, 3.05) is 0 Å². The summed E-state index contributed by atoms with van der Waals surface area (Å²) in [6.07, 6.45) is 1.43. The van der Waals surface area contributed by atoms with Crippen LogP contribution in [-0.4, -0.2) is 11.4 Å². The number of aryl methyl sites for hydroxylation is 1. The molecule has 1 aromatic carbocycles. The molecule has 0 bridgehead atoms. The molecule has 76 valence electrons. The molecule has 0 saturated carbocycles. The molecule has 14 heavy (non-hydrogen) atoms. The molecule has 3 heteroatoms. The molecule has 0 fully saturated rings. The van der Waals surface area contributed by atoms with E-state index in [-0.39, 0.29) is 11.7 Å². The molecule has 0 aliphatic carbocycles. The minimum absolute atomic E-state index is 0.199. The van der Waals surface area contributed by atoms with Gasteiger partial charge in [-0.05, 0) is 52.0 Å². The summed E-state index contributed by atoms with van der Waals surface area (Å²) >= 11 is 3.26. The number of aromatic hydroxyl groups is 1. The molecule has 0 spiro atoms. The van der Waals surface area contributed by atoms with Crippen molar-refractivity contribution >= 4 is 22.2 Å². The minimum atomic E-state index is 0.199. The van der Waals surface area contributed by atoms with Crippen LogP contribution in [0, 0.1) is 6.92 Å². The first-order valence-electron chi connectivity index (χ1n) is 4.49. The molecule has 0 aliphatic heterocycles. The Labute approximate surface area is 92.1 Å². The number of aldehydes is 1. The van der Waals surface area contributed by atoms with Crippen LogP contribution in [0.5, 0.6) is 5.75 Å². The second-order valence-electron chi connectivity index (χ2n) is 3.46. The van der Waals surface area contributed by atoms with Gasteiger partial charge in [0, 0.05) is 6.42 Å². The van der Waals surface area contributed by atoms with Crippen LogP contribution < -0.4 is 0 Å². The molecule has 1 unspecified atom stereocenters. The molecular weight excluding hydrogens is 244 g/mol. The first-order chi connectivity index (χ1) is 6.56. The predicted octanol–water partition coefficient (Wildman–Crippen LogP) is 3.16. The van der Waals surface area contributed by atoms with Gasteiger partial charge < -0.3 is 9.90 Å². The lowest BCUT2D eigenvalue weighted by molar-refractivity contribution is -0.108. The Morgan fingerprint density at radius 1 is 1.57 bits per heavy atom. The van der Waals surface area contributed by atoms with Crippen LogP contribution in [0.25, 0.3) is 0 Å². The number of phenolic OH excluding ortho intramolecular Hbond substituents is 1. The van der Waals surface area contributed by atoms with Gasteiger partial charge in [0.05, 0.1) is 4.47 Å². The van der Waals surface area contributed by atoms with Gasteiger partial charge in [-0.1, -0.05) is 6.92 Å². The van der Waals surface area contributed by atoms with Gasteiger partial charge in [-0.2, -0.15) is 0 Å². The van der Waals surface area contributed by atoms with Crippen LogP contribution in [0.4, 0.5) is 0 Å². The number of hydrogen-bond acceptors (Lipinski definition) is 2. The topological polar surface area (TPSA) is 37.3 Å². The van der Waals surface area contributed by atoms with Crippen LogP contribution in [0.2, 0.25) is 0 Å². The van der Waals surface area contributed by atoms with E-state index in [1.54, 1.807) is 6.07 Å². The molecule has 1 rings (SSSR count). The fraction of sp³-hybridized carbons (Fsp3) is 0.364. The summed E-state index contributed by atoms with van der Waals surface area (Å²) in [7, 11) is 0. The van der Waals surface area contributed by atoms with E-state index in [1.165, 1.54) is 0 Å². The van der Waals surface area contributed by atoms with E-state index >= 15 is 0 Å². The molecule has 2 nitrogen and oxygen atoms in total. The standard InChI is InChI=1S/C11H13BrO2/c1-7(3-4-13)9-6-10(12)11(14)5-8(9)2/h4-7,14H,3H2,1-2H3. The van der Waals surface area contributed by atoms with Crippen LogP contribution in [0.1, 0.15) is 30.4 Å². The van der Waals surface area contributed by atoms with Gasteiger partial charge in [0.15, 0.2) is 0 Å². The Kier molecular flexibility index (Phi) is 3.69. The third kappa shape index (κ3) is 2.35. The highest BCUT2D eigenvalue weighted by molar-refractivity contribution is 9.10. The highest BCUT2D eigenvalue weighted by Crippen LogP contribution is 2.31. The van der Waals surface area contributed by atoms with Gasteiger partial charge in [-0.15, -0.1) is 0 Å². The van der Waals surface area contributed by atoms with Crippen molar-refractivity contribution in [1.82, 2.24) is 0 Å². The van der Waals surface area contributed by atoms with Gasteiger partial charge >= 0.3 is 0 Å². The average molecular weight is 257 g/mol. The van der Waals surface area contributed by atoms with Crippen molar-refractivity contribution in [3.05, 3.63) is 27.7 Å². The van der Waals surface area contributed by atoms with Crippen molar-refractivity contribution in [3.63, 3.8) is 0 Å². The number of halogens is 1. The monoisotopic (exact) mass is 256 g/mol. The Morgan fingerprint density at radius 2 is 2.21 bits per heavy atom. The maximum Gasteiger partial charge on any atom is 0.130 e. The van der Waals surface area contributed by atoms with Crippen LogP contribution in [0.3, 0.4) is 0 Å². The number of benzene rings is 1. The lowest BCUT2D eigenvalue weighted by Gasteiger charge is -2.13. The zero-order valence-electron chi connectivity index (χ0n) is 8.25. The summed E-state index contributed by atoms with van der Waals surface area (Å²) in [6.45, 7) is 3.93. The van der Waals surface area contributed by atoms with Gasteiger partial charge in [0.25, 0.3) is 0 Å². The minimum Gasteiger partial charge on any atom is -0.507 e. The lowest BCUT2D eigenvalue weighted by atomic mass is 9.94. The Bertz CT molecular complexity index is 347. The van der Waals surface area contributed by atoms with E-state index in [0.717, 1.165) is 17.4 Å². The molecule has 0 amide bonds. The molecule has 1 atom stereocenters. The van der Waals surface area contributed by atoms with Gasteiger partial charge in [-0.25, -0.2) is 0 Å². The van der Waals surface area contributed by atoms with Crippen LogP contribution >= 0.6 is 15.9 Å². The smallest absolute Gasteiger partial charge is 0.130 e. The second kappa shape index (κ2) is 4.60. The molecule has 0 aliphatic rings. The third-order valence-electron chi connectivity index (χ3n) is 2.32. The van der Waals surface area contributed by atoms with E-state index in [1.807, 2.05) is 19.9 Å². The van der Waals surface area contributed by atoms with Crippen molar-refractivity contribution < 1.29 is 9.90 Å². The molecule has 0 heterocycles. The van der Waals surface area contributed by atoms with E-state index in [2.05, 4.69) is 15.9 Å². The number of carbonyl (C=O) groups is 1. The normalized spacial score (nSPS) is 12.5. The molecule has 0 aromatic heterocycles. The van der Waals surface area contributed by atoms with Crippen molar-refractivity contribution in [2.45, 2.75) is 26.2 Å². The Hall–Kier alpha value is -0.830. The summed E-state index contributed by atoms with van der Waals surface area (Å²) in [5, 5.41) is 9.42. The summed E-state index contributed by atoms with van der Waals surface area (Å²) < 4.78 is 0.677. The van der Waals surface area contributed by atoms with Gasteiger partial charge in [0.1, 0.15) is 12.0 Å². The first-order valence-corrected chi connectivity index (χ1v) is 5.28. The SMILES string of the molecule is Cc1cc(O)c(Br)cc1C(C)CC=O. The molecular formula is C11H13BrO2. The Balaban J connectivity index is 3.08. The summed E-state index contributed by atoms with van der Waals surface area (Å²) in [4.78, 5) is 10.4. The highest BCUT2D eigenvalue weighted by atomic mass is 79.9. The maximum absolute atomic E-state index is 10.4. The van der Waals surface area contributed by atoms with E-state index in [4.69, 9.17) is 0 Å². The van der Waals surface area contributed by atoms with Gasteiger partial charge in [0.2, 0.25) is 0 Å². The maximum atomic E-state index is 10.4. The van der Waals surface area contributed by atoms with Crippen molar-refractivity contribution in [1.29, 1.82) is 0 Å². The zero-order chi connectivity index (χ0) is 10.7. The number of hydrogen-bond donors (Lipinski definition) is 1. The van der Waals surface area contributed by atoms with E-state index < -0.39 is 0 Å². The molecule has 0 radical (unpaired) electrons. The summed E-state index contributed by atoms with van der Waals surface area (Å²) in [5.41, 5.74) is 2.11. The first kappa shape index (κ1) is 11.2. The fourth-order valence-electron chi connectivity index (χ4n) is 1.48. The molecule has 1 N–H and O–H groups in total. The van der Waals surface area contributed by atoms with Crippen LogP contribution in [-0.2, 0) is 4.79 Å². The fourth-order valence-corrected chi connectivity index (χ4v) is 1.84. The highest BCUT2D eigenvalue weighted by Gasteiger charge is 2.10. The summed E-state index contributed by atoms with van der Waals surface area (Å²) in [5.74, 6) is 0.439. The number of phenols is 1. The summed E-state index contributed by atoms with van der Waals surface area (Å²) in [6, 6.07) is 3.58. The predicted molar refractivity (Wildman–Crippen MR) is 59.6 cm³/mol. The Morgan fingerprint density at radius 3 is 2.79 bits per heavy atom. The largest absolute Gasteiger partial charge is 0.507 e. The molecule has 0 saturated heterocycles. The third-order valence-corrected chi connectivity index (χ3v) is 2.95. The number of rotatable bonds is 3. The van der Waals surface area contributed by atoms with Crippen LogP contribution in [0.15, 0.2) is 16.6 Å². The van der Waals surface area contributed by atoms with E-state index in [9.17, 15) is 9.90 Å². The van der Waals surface area contributed by atoms with Crippen molar-refractivity contribution in [3.8, 4) is 5.75 Å². The van der Waals surface area contributed by atoms with E-state index in [0.29, 0.717) is 10.9 Å². The average Bonchev–Trinajstić information content (AvgIpc) is 2.11. The molecule has 1 aromatic rings. The van der Waals surface area contributed by atoms with Gasteiger partial charge in [-0.3, -0.25) is 0 Å².